The van der Waals surface area contributed by atoms with Crippen LogP contribution in [-0.2, 0) is 11.2 Å². The molecular formula is C23H26N2O4. The lowest BCUT2D eigenvalue weighted by Gasteiger charge is -2.18. The SMILES string of the molecule is CCCc1cc2c(=O)c(-c3ccccn3)coc2cc1OC(=O)C(N)C(C)CC. The number of aryl methyl sites for hydroxylation is 1. The highest BCUT2D eigenvalue weighted by molar-refractivity contribution is 5.85. The molecule has 3 aromatic rings. The van der Waals surface area contributed by atoms with Gasteiger partial charge in [0.05, 0.1) is 16.6 Å². The highest BCUT2D eigenvalue weighted by Gasteiger charge is 2.23. The van der Waals surface area contributed by atoms with Gasteiger partial charge >= 0.3 is 5.97 Å². The smallest absolute Gasteiger partial charge is 0.328 e. The highest BCUT2D eigenvalue weighted by atomic mass is 16.5. The van der Waals surface area contributed by atoms with E-state index >= 15 is 0 Å². The van der Waals surface area contributed by atoms with Gasteiger partial charge in [0.2, 0.25) is 5.43 Å². The molecule has 0 saturated heterocycles. The summed E-state index contributed by atoms with van der Waals surface area (Å²) in [7, 11) is 0. The van der Waals surface area contributed by atoms with Crippen molar-refractivity contribution >= 4 is 16.9 Å². The van der Waals surface area contributed by atoms with E-state index in [4.69, 9.17) is 14.9 Å². The van der Waals surface area contributed by atoms with Crippen LogP contribution < -0.4 is 15.9 Å². The van der Waals surface area contributed by atoms with Crippen molar-refractivity contribution in [2.45, 2.75) is 46.1 Å². The van der Waals surface area contributed by atoms with Gasteiger partial charge in [-0.15, -0.1) is 0 Å². The molecule has 0 radical (unpaired) electrons. The van der Waals surface area contributed by atoms with E-state index in [1.165, 1.54) is 6.26 Å². The summed E-state index contributed by atoms with van der Waals surface area (Å²) < 4.78 is 11.3. The molecule has 0 aliphatic heterocycles. The number of fused-ring (bicyclic) bond motifs is 1. The quantitative estimate of drug-likeness (QED) is 0.479. The molecule has 6 nitrogen and oxygen atoms in total. The third-order valence-corrected chi connectivity index (χ3v) is 5.16. The standard InChI is InChI=1S/C23H26N2O4/c1-4-8-15-11-16-20(12-19(15)29-23(27)21(24)14(3)5-2)28-13-17(22(16)26)18-9-6-7-10-25-18/h6-7,9-14,21H,4-5,8,24H2,1-3H3. The van der Waals surface area contributed by atoms with Gasteiger partial charge in [0.25, 0.3) is 0 Å². The van der Waals surface area contributed by atoms with Gasteiger partial charge in [-0.3, -0.25) is 9.78 Å². The number of nitrogens with zero attached hydrogens (tertiary/aromatic N) is 1. The third-order valence-electron chi connectivity index (χ3n) is 5.16. The zero-order chi connectivity index (χ0) is 21.0. The number of carbonyl (C=O) groups excluding carboxylic acids is 1. The summed E-state index contributed by atoms with van der Waals surface area (Å²) in [6, 6.07) is 8.01. The third kappa shape index (κ3) is 4.38. The number of ether oxygens (including phenoxy) is 1. The summed E-state index contributed by atoms with van der Waals surface area (Å²) in [6.45, 7) is 5.91. The number of esters is 1. The molecule has 2 aromatic heterocycles. The number of hydrogen-bond donors (Lipinski definition) is 1. The van der Waals surface area contributed by atoms with Crippen molar-refractivity contribution in [3.8, 4) is 17.0 Å². The Morgan fingerprint density at radius 1 is 1.28 bits per heavy atom. The molecule has 2 heterocycles. The van der Waals surface area contributed by atoms with Crippen molar-refractivity contribution in [1.82, 2.24) is 4.98 Å². The van der Waals surface area contributed by atoms with Gasteiger partial charge in [0.15, 0.2) is 0 Å². The molecule has 0 amide bonds. The first-order valence-corrected chi connectivity index (χ1v) is 9.93. The van der Waals surface area contributed by atoms with Gasteiger partial charge in [-0.05, 0) is 36.1 Å². The molecule has 6 heteroatoms. The van der Waals surface area contributed by atoms with Crippen molar-refractivity contribution in [1.29, 1.82) is 0 Å². The van der Waals surface area contributed by atoms with Crippen LogP contribution in [0.15, 0.2) is 52.0 Å². The zero-order valence-electron chi connectivity index (χ0n) is 17.0. The lowest BCUT2D eigenvalue weighted by Crippen LogP contribution is -2.39. The Labute approximate surface area is 169 Å². The molecule has 2 N–H and O–H groups in total. The van der Waals surface area contributed by atoms with Gasteiger partial charge in [-0.1, -0.05) is 39.7 Å². The van der Waals surface area contributed by atoms with Crippen molar-refractivity contribution < 1.29 is 13.9 Å². The lowest BCUT2D eigenvalue weighted by molar-refractivity contribution is -0.137. The van der Waals surface area contributed by atoms with Crippen LogP contribution in [-0.4, -0.2) is 17.0 Å². The summed E-state index contributed by atoms with van der Waals surface area (Å²) in [6.07, 6.45) is 5.29. The fourth-order valence-electron chi connectivity index (χ4n) is 3.12. The topological polar surface area (TPSA) is 95.4 Å². The highest BCUT2D eigenvalue weighted by Crippen LogP contribution is 2.28. The summed E-state index contributed by atoms with van der Waals surface area (Å²) in [5.41, 5.74) is 7.91. The number of benzene rings is 1. The molecule has 29 heavy (non-hydrogen) atoms. The van der Waals surface area contributed by atoms with E-state index in [1.54, 1.807) is 30.5 Å². The molecule has 2 atom stereocenters. The predicted octanol–water partition coefficient (Wildman–Crippen LogP) is 4.09. The molecule has 0 fully saturated rings. The van der Waals surface area contributed by atoms with Gasteiger partial charge in [-0.2, -0.15) is 0 Å². The van der Waals surface area contributed by atoms with Crippen LogP contribution in [0, 0.1) is 5.92 Å². The summed E-state index contributed by atoms with van der Waals surface area (Å²) in [5, 5.41) is 0.433. The van der Waals surface area contributed by atoms with Crippen molar-refractivity contribution in [3.63, 3.8) is 0 Å². The Bertz CT molecular complexity index is 1060. The molecular weight excluding hydrogens is 368 g/mol. The van der Waals surface area contributed by atoms with Crippen LogP contribution in [0.25, 0.3) is 22.2 Å². The first-order chi connectivity index (χ1) is 14.0. The molecule has 3 rings (SSSR count). The second-order valence-electron chi connectivity index (χ2n) is 7.23. The van der Waals surface area contributed by atoms with Gasteiger partial charge in [0.1, 0.15) is 23.6 Å². The van der Waals surface area contributed by atoms with E-state index in [2.05, 4.69) is 4.98 Å². The van der Waals surface area contributed by atoms with Crippen molar-refractivity contribution in [2.75, 3.05) is 0 Å². The van der Waals surface area contributed by atoms with Gasteiger partial charge in [0, 0.05) is 12.3 Å². The number of nitrogens with two attached hydrogens (primary N) is 1. The Morgan fingerprint density at radius 3 is 2.72 bits per heavy atom. The molecule has 152 valence electrons. The van der Waals surface area contributed by atoms with E-state index in [0.717, 1.165) is 18.4 Å². The number of carbonyl (C=O) groups is 1. The second-order valence-corrected chi connectivity index (χ2v) is 7.23. The average molecular weight is 394 g/mol. The predicted molar refractivity (Wildman–Crippen MR) is 113 cm³/mol. The van der Waals surface area contributed by atoms with Crippen LogP contribution in [0.2, 0.25) is 0 Å². The molecule has 2 unspecified atom stereocenters. The monoisotopic (exact) mass is 394 g/mol. The molecule has 0 spiro atoms. The fourth-order valence-corrected chi connectivity index (χ4v) is 3.12. The average Bonchev–Trinajstić information content (AvgIpc) is 2.74. The number of pyridine rings is 1. The summed E-state index contributed by atoms with van der Waals surface area (Å²) >= 11 is 0. The Morgan fingerprint density at radius 2 is 2.07 bits per heavy atom. The Hall–Kier alpha value is -2.99. The number of aromatic nitrogens is 1. The maximum Gasteiger partial charge on any atom is 0.328 e. The van der Waals surface area contributed by atoms with E-state index < -0.39 is 12.0 Å². The Balaban J connectivity index is 2.05. The summed E-state index contributed by atoms with van der Waals surface area (Å²) in [4.78, 5) is 29.7. The van der Waals surface area contributed by atoms with Gasteiger partial charge in [-0.25, -0.2) is 4.79 Å². The maximum absolute atomic E-state index is 13.0. The largest absolute Gasteiger partial charge is 0.463 e. The lowest BCUT2D eigenvalue weighted by atomic mass is 10.00. The number of hydrogen-bond acceptors (Lipinski definition) is 6. The normalized spacial score (nSPS) is 13.2. The van der Waals surface area contributed by atoms with Crippen molar-refractivity contribution in [3.05, 3.63) is 58.6 Å². The zero-order valence-corrected chi connectivity index (χ0v) is 17.0. The van der Waals surface area contributed by atoms with E-state index in [-0.39, 0.29) is 11.3 Å². The molecule has 0 bridgehead atoms. The van der Waals surface area contributed by atoms with Gasteiger partial charge < -0.3 is 14.9 Å². The van der Waals surface area contributed by atoms with Crippen LogP contribution in [0.1, 0.15) is 39.2 Å². The number of rotatable bonds is 7. The van der Waals surface area contributed by atoms with E-state index in [9.17, 15) is 9.59 Å². The van der Waals surface area contributed by atoms with Crippen LogP contribution in [0.3, 0.4) is 0 Å². The fraction of sp³-hybridized carbons (Fsp3) is 0.348. The maximum atomic E-state index is 13.0. The minimum absolute atomic E-state index is 0.0106. The Kier molecular flexibility index (Phi) is 6.44. The van der Waals surface area contributed by atoms with Crippen LogP contribution in [0.5, 0.6) is 5.75 Å². The summed E-state index contributed by atoms with van der Waals surface area (Å²) in [5.74, 6) is -0.0863. The van der Waals surface area contributed by atoms with Crippen molar-refractivity contribution in [2.24, 2.45) is 11.7 Å². The van der Waals surface area contributed by atoms with Crippen LogP contribution in [0.4, 0.5) is 0 Å². The minimum atomic E-state index is -0.705. The molecule has 1 aromatic carbocycles. The first-order valence-electron chi connectivity index (χ1n) is 9.93. The van der Waals surface area contributed by atoms with E-state index in [0.29, 0.717) is 34.4 Å². The minimum Gasteiger partial charge on any atom is -0.463 e. The molecule has 0 aliphatic rings. The second kappa shape index (κ2) is 9.01. The molecule has 0 aliphatic carbocycles. The van der Waals surface area contributed by atoms with E-state index in [1.807, 2.05) is 26.8 Å². The first kappa shape index (κ1) is 20.7. The van der Waals surface area contributed by atoms with Crippen LogP contribution >= 0.6 is 0 Å². The molecule has 0 saturated carbocycles.